The number of nitrogens with zero attached hydrogens (tertiary/aromatic N) is 1. The second kappa shape index (κ2) is 16.5. The van der Waals surface area contributed by atoms with E-state index < -0.39 is 0 Å². The fourth-order valence-corrected chi connectivity index (χ4v) is 13.2. The van der Waals surface area contributed by atoms with Crippen LogP contribution in [0.5, 0.6) is 0 Å². The third-order valence-corrected chi connectivity index (χ3v) is 16.4. The van der Waals surface area contributed by atoms with Gasteiger partial charge in [0.1, 0.15) is 0 Å². The highest BCUT2D eigenvalue weighted by Gasteiger charge is 2.44. The van der Waals surface area contributed by atoms with Crippen molar-refractivity contribution in [3.8, 4) is 44.5 Å². The molecule has 1 fully saturated rings. The topological polar surface area (TPSA) is 3.24 Å². The van der Waals surface area contributed by atoms with Crippen LogP contribution in [-0.2, 0) is 10.8 Å². The average molecular weight is 886 g/mol. The lowest BCUT2D eigenvalue weighted by Gasteiger charge is -2.33. The molecule has 2 unspecified atom stereocenters. The third kappa shape index (κ3) is 6.29. The van der Waals surface area contributed by atoms with Crippen LogP contribution < -0.4 is 4.90 Å². The second-order valence-corrected chi connectivity index (χ2v) is 20.0. The number of fused-ring (bicyclic) bond motifs is 7. The van der Waals surface area contributed by atoms with E-state index in [1.54, 1.807) is 0 Å². The molecule has 332 valence electrons. The molecule has 10 aromatic carbocycles. The highest BCUT2D eigenvalue weighted by molar-refractivity contribution is 6.07. The van der Waals surface area contributed by atoms with Gasteiger partial charge < -0.3 is 4.90 Å². The van der Waals surface area contributed by atoms with Gasteiger partial charge in [-0.15, -0.1) is 0 Å². The Labute approximate surface area is 407 Å². The molecule has 0 amide bonds. The summed E-state index contributed by atoms with van der Waals surface area (Å²) in [5, 5.41) is 2.70. The third-order valence-electron chi connectivity index (χ3n) is 16.4. The molecule has 10 aromatic rings. The lowest BCUT2D eigenvalue weighted by molar-refractivity contribution is 0.445. The lowest BCUT2D eigenvalue weighted by Crippen LogP contribution is -2.22. The van der Waals surface area contributed by atoms with Gasteiger partial charge in [0.2, 0.25) is 0 Å². The minimum Gasteiger partial charge on any atom is -0.309 e. The van der Waals surface area contributed by atoms with Gasteiger partial charge in [0, 0.05) is 27.5 Å². The Bertz CT molecular complexity index is 3570. The zero-order valence-electron chi connectivity index (χ0n) is 39.5. The number of hydrogen-bond donors (Lipinski definition) is 0. The molecule has 0 bridgehead atoms. The summed E-state index contributed by atoms with van der Waals surface area (Å²) in [5.74, 6) is 0.557. The van der Waals surface area contributed by atoms with Gasteiger partial charge in [0.25, 0.3) is 0 Å². The van der Waals surface area contributed by atoms with Crippen LogP contribution in [-0.4, -0.2) is 0 Å². The number of para-hydroxylation sites is 2. The van der Waals surface area contributed by atoms with E-state index in [0.717, 1.165) is 11.4 Å². The van der Waals surface area contributed by atoms with Crippen LogP contribution >= 0.6 is 0 Å². The zero-order valence-corrected chi connectivity index (χ0v) is 39.5. The summed E-state index contributed by atoms with van der Waals surface area (Å²) in [4.78, 5) is 2.63. The van der Waals surface area contributed by atoms with E-state index in [1.165, 1.54) is 132 Å². The molecule has 13 rings (SSSR count). The largest absolute Gasteiger partial charge is 0.309 e. The zero-order chi connectivity index (χ0) is 46.1. The van der Waals surface area contributed by atoms with Crippen molar-refractivity contribution < 1.29 is 0 Å². The molecule has 0 heterocycles. The molecule has 2 atom stereocenters. The minimum absolute atomic E-state index is 0.319. The first-order chi connectivity index (χ1) is 34.0. The summed E-state index contributed by atoms with van der Waals surface area (Å²) < 4.78 is 0. The summed E-state index contributed by atoms with van der Waals surface area (Å²) in [6.45, 7) is 4.85. The summed E-state index contributed by atoms with van der Waals surface area (Å²) in [7, 11) is 0. The SMILES string of the molecule is CC1(c2ccccc2)c2ccccc2-c2c(-c3ccccc3N(c3ccccc3-c3cccc4cccc(C5CCCCC5)c34)c3cccc4c3-c3ccccc3C4(C)c3ccccc3)cccc21. The Hall–Kier alpha value is -7.74. The van der Waals surface area contributed by atoms with Crippen LogP contribution in [0.2, 0.25) is 0 Å². The molecule has 0 saturated heterocycles. The molecule has 0 aromatic heterocycles. The van der Waals surface area contributed by atoms with Crippen molar-refractivity contribution in [1.29, 1.82) is 0 Å². The molecular weight excluding hydrogens is 831 g/mol. The molecule has 1 nitrogen and oxygen atoms in total. The molecule has 1 saturated carbocycles. The van der Waals surface area contributed by atoms with Crippen molar-refractivity contribution in [3.05, 3.63) is 269 Å². The van der Waals surface area contributed by atoms with E-state index in [2.05, 4.69) is 249 Å². The number of rotatable bonds is 8. The summed E-state index contributed by atoms with van der Waals surface area (Å²) in [6.07, 6.45) is 6.42. The number of benzene rings is 10. The van der Waals surface area contributed by atoms with Crippen LogP contribution in [0.4, 0.5) is 17.1 Å². The molecule has 0 radical (unpaired) electrons. The summed E-state index contributed by atoms with van der Waals surface area (Å²) in [6, 6.07) is 87.1. The molecule has 3 aliphatic carbocycles. The van der Waals surface area contributed by atoms with Gasteiger partial charge in [0.05, 0.1) is 17.1 Å². The Balaban J connectivity index is 1.11. The molecule has 0 spiro atoms. The van der Waals surface area contributed by atoms with Crippen molar-refractivity contribution in [3.63, 3.8) is 0 Å². The maximum atomic E-state index is 2.63. The first-order valence-electron chi connectivity index (χ1n) is 25.1. The van der Waals surface area contributed by atoms with Crippen molar-refractivity contribution in [1.82, 2.24) is 0 Å². The Morgan fingerprint density at radius 2 is 0.754 bits per heavy atom. The fourth-order valence-electron chi connectivity index (χ4n) is 13.2. The molecule has 1 heteroatoms. The molecule has 69 heavy (non-hydrogen) atoms. The smallest absolute Gasteiger partial charge is 0.0543 e. The van der Waals surface area contributed by atoms with E-state index in [-0.39, 0.29) is 10.8 Å². The van der Waals surface area contributed by atoms with Gasteiger partial charge in [-0.1, -0.05) is 232 Å². The minimum atomic E-state index is -0.357. The molecular formula is C68H55N. The van der Waals surface area contributed by atoms with Gasteiger partial charge in [0.15, 0.2) is 0 Å². The van der Waals surface area contributed by atoms with Crippen molar-refractivity contribution in [2.45, 2.75) is 62.7 Å². The van der Waals surface area contributed by atoms with Gasteiger partial charge in [-0.05, 0) is 128 Å². The first-order valence-corrected chi connectivity index (χ1v) is 25.1. The average Bonchev–Trinajstić information content (AvgIpc) is 3.85. The van der Waals surface area contributed by atoms with E-state index in [9.17, 15) is 0 Å². The van der Waals surface area contributed by atoms with Crippen molar-refractivity contribution in [2.24, 2.45) is 0 Å². The van der Waals surface area contributed by atoms with Crippen molar-refractivity contribution >= 4 is 27.8 Å². The molecule has 3 aliphatic rings. The van der Waals surface area contributed by atoms with Gasteiger partial charge in [-0.25, -0.2) is 0 Å². The standard InChI is InChI=1S/C68H55N/c1-67(48-28-8-4-9-29-48)57-39-16-12-34-55(57)65-54(38-22-41-59(65)67)52-33-15-19-44-62(52)69(63-45-23-42-60-66(63)56-35-13-17-40-58(56)68(60,2)49-30-10-5-11-31-49)61-43-18-14-32-51(61)53-37-21-27-47-26-20-36-50(64(47)53)46-24-6-3-7-25-46/h4-5,8-23,26-46H,3,6-7,24-25H2,1-2H3. The Kier molecular flexibility index (Phi) is 9.91. The van der Waals surface area contributed by atoms with Crippen LogP contribution in [0.15, 0.2) is 231 Å². The van der Waals surface area contributed by atoms with E-state index >= 15 is 0 Å². The van der Waals surface area contributed by atoms with Crippen molar-refractivity contribution in [2.75, 3.05) is 4.90 Å². The molecule has 0 N–H and O–H groups in total. The lowest BCUT2D eigenvalue weighted by atomic mass is 9.74. The van der Waals surface area contributed by atoms with Crippen LogP contribution in [0.25, 0.3) is 55.3 Å². The second-order valence-electron chi connectivity index (χ2n) is 20.0. The molecule has 0 aliphatic heterocycles. The van der Waals surface area contributed by atoms with Gasteiger partial charge in [-0.2, -0.15) is 0 Å². The normalized spacial score (nSPS) is 18.1. The Morgan fingerprint density at radius 3 is 1.38 bits per heavy atom. The first kappa shape index (κ1) is 41.4. The van der Waals surface area contributed by atoms with Crippen LogP contribution in [0.3, 0.4) is 0 Å². The highest BCUT2D eigenvalue weighted by atomic mass is 15.2. The Morgan fingerprint density at radius 1 is 0.333 bits per heavy atom. The highest BCUT2D eigenvalue weighted by Crippen LogP contribution is 2.60. The number of anilines is 3. The van der Waals surface area contributed by atoms with Crippen LogP contribution in [0.1, 0.15) is 90.8 Å². The van der Waals surface area contributed by atoms with Gasteiger partial charge in [-0.3, -0.25) is 0 Å². The van der Waals surface area contributed by atoms with E-state index in [1.807, 2.05) is 0 Å². The number of hydrogen-bond acceptors (Lipinski definition) is 1. The summed E-state index contributed by atoms with van der Waals surface area (Å²) in [5.41, 5.74) is 22.4. The maximum absolute atomic E-state index is 2.63. The fraction of sp³-hybridized carbons (Fsp3) is 0.147. The monoisotopic (exact) mass is 885 g/mol. The quantitative estimate of drug-likeness (QED) is 0.147. The van der Waals surface area contributed by atoms with E-state index in [4.69, 9.17) is 0 Å². The van der Waals surface area contributed by atoms with E-state index in [0.29, 0.717) is 5.92 Å². The van der Waals surface area contributed by atoms with Gasteiger partial charge >= 0.3 is 0 Å². The maximum Gasteiger partial charge on any atom is 0.0543 e. The van der Waals surface area contributed by atoms with Crippen LogP contribution in [0, 0.1) is 0 Å². The summed E-state index contributed by atoms with van der Waals surface area (Å²) >= 11 is 0. The predicted molar refractivity (Wildman–Crippen MR) is 290 cm³/mol. The predicted octanol–water partition coefficient (Wildman–Crippen LogP) is 18.4.